The van der Waals surface area contributed by atoms with Gasteiger partial charge in [0.15, 0.2) is 18.9 Å². The molecule has 510 valence electrons. The van der Waals surface area contributed by atoms with Crippen molar-refractivity contribution in [2.75, 3.05) is 26.4 Å². The molecule has 0 aliphatic carbocycles. The average molecular weight is 1240 g/mol. The van der Waals surface area contributed by atoms with Gasteiger partial charge in [0, 0.05) is 6.42 Å². The molecule has 0 aromatic carbocycles. The lowest BCUT2D eigenvalue weighted by Gasteiger charge is -2.48. The smallest absolute Gasteiger partial charge is 0.220 e. The number of hydrogen-bond donors (Lipinski definition) is 12. The summed E-state index contributed by atoms with van der Waals surface area (Å²) < 4.78 is 34.4. The fourth-order valence-electron chi connectivity index (χ4n) is 12.4. The van der Waals surface area contributed by atoms with E-state index in [-0.39, 0.29) is 18.9 Å². The number of unbranched alkanes of at least 4 members (excludes halogenated alkanes) is 39. The standard InChI is InChI=1S/C67H129NO18/c1-3-5-7-9-11-13-15-17-19-20-21-22-23-24-25-26-27-28-29-30-31-32-34-36-38-40-42-44-51(72)50(68-55(73)45-43-41-39-37-35-33-18-16-14-12-10-8-6-4-2)49-81-65-61(79)58(76)63(53(47-70)83-65)86-67-62(80)59(77)64(54(48-71)84-67)85-66-60(78)57(75)56(74)52(46-69)82-66/h50-54,56-67,69-72,74-80H,3-49H2,1-2H3,(H,68,73). The number of nitrogens with one attached hydrogen (secondary N) is 1. The zero-order valence-corrected chi connectivity index (χ0v) is 53.8. The molecule has 17 atom stereocenters. The summed E-state index contributed by atoms with van der Waals surface area (Å²) in [5, 5.41) is 121. The second-order valence-corrected chi connectivity index (χ2v) is 25.7. The normalized spacial score (nSPS) is 28.7. The Morgan fingerprint density at radius 3 is 1.01 bits per heavy atom. The van der Waals surface area contributed by atoms with E-state index in [1.54, 1.807) is 0 Å². The SMILES string of the molecule is CCCCCCCCCCCCCCCCCCCCCCCCCCCCCC(O)C(COC1OC(CO)C(OC2OC(CO)C(OC3OC(CO)C(O)C(O)C3O)C(O)C2O)C(O)C1O)NC(=O)CCCCCCCCCCCCCCCC. The molecule has 19 nitrogen and oxygen atoms in total. The number of aliphatic hydroxyl groups is 11. The van der Waals surface area contributed by atoms with Crippen LogP contribution in [-0.2, 0) is 33.2 Å². The topological polar surface area (TPSA) is 307 Å². The summed E-state index contributed by atoms with van der Waals surface area (Å²) in [6, 6.07) is -0.881. The molecule has 19 heteroatoms. The Labute approximate surface area is 519 Å². The summed E-state index contributed by atoms with van der Waals surface area (Å²) >= 11 is 0. The highest BCUT2D eigenvalue weighted by molar-refractivity contribution is 5.76. The number of ether oxygens (including phenoxy) is 6. The van der Waals surface area contributed by atoms with Gasteiger partial charge in [-0.1, -0.05) is 271 Å². The van der Waals surface area contributed by atoms with Crippen LogP contribution >= 0.6 is 0 Å². The molecule has 3 saturated heterocycles. The van der Waals surface area contributed by atoms with E-state index >= 15 is 0 Å². The van der Waals surface area contributed by atoms with Crippen LogP contribution in [0.1, 0.15) is 290 Å². The number of rotatable bonds is 55. The van der Waals surface area contributed by atoms with Crippen molar-refractivity contribution in [2.24, 2.45) is 0 Å². The first-order chi connectivity index (χ1) is 41.8. The molecular formula is C67H129NO18. The van der Waals surface area contributed by atoms with Gasteiger partial charge in [0.25, 0.3) is 0 Å². The average Bonchev–Trinajstić information content (AvgIpc) is 2.32. The van der Waals surface area contributed by atoms with Crippen LogP contribution in [0.25, 0.3) is 0 Å². The number of amides is 1. The summed E-state index contributed by atoms with van der Waals surface area (Å²) in [5.74, 6) is -0.237. The van der Waals surface area contributed by atoms with Crippen LogP contribution < -0.4 is 5.32 Å². The maximum atomic E-state index is 13.4. The van der Waals surface area contributed by atoms with E-state index in [1.165, 1.54) is 212 Å². The molecule has 1 amide bonds. The van der Waals surface area contributed by atoms with Crippen LogP contribution in [-0.4, -0.2) is 193 Å². The minimum absolute atomic E-state index is 0.237. The molecule has 0 saturated carbocycles. The summed E-state index contributed by atoms with van der Waals surface area (Å²) in [6.45, 7) is 1.84. The number of aliphatic hydroxyl groups excluding tert-OH is 11. The van der Waals surface area contributed by atoms with Gasteiger partial charge >= 0.3 is 0 Å². The van der Waals surface area contributed by atoms with Crippen molar-refractivity contribution >= 4 is 5.91 Å². The second-order valence-electron chi connectivity index (χ2n) is 25.7. The maximum Gasteiger partial charge on any atom is 0.220 e. The van der Waals surface area contributed by atoms with Crippen molar-refractivity contribution in [2.45, 2.75) is 394 Å². The van der Waals surface area contributed by atoms with E-state index in [0.717, 1.165) is 44.9 Å². The Bertz CT molecular complexity index is 1570. The zero-order valence-electron chi connectivity index (χ0n) is 53.8. The van der Waals surface area contributed by atoms with Crippen molar-refractivity contribution in [1.29, 1.82) is 0 Å². The molecular weight excluding hydrogens is 1110 g/mol. The predicted octanol–water partition coefficient (Wildman–Crippen LogP) is 9.11. The third kappa shape index (κ3) is 32.4. The van der Waals surface area contributed by atoms with Gasteiger partial charge in [-0.25, -0.2) is 0 Å². The summed E-state index contributed by atoms with van der Waals surface area (Å²) in [4.78, 5) is 13.4. The van der Waals surface area contributed by atoms with E-state index < -0.39 is 124 Å². The lowest BCUT2D eigenvalue weighted by atomic mass is 9.96. The van der Waals surface area contributed by atoms with E-state index in [9.17, 15) is 61.0 Å². The third-order valence-corrected chi connectivity index (χ3v) is 18.2. The monoisotopic (exact) mass is 1240 g/mol. The Morgan fingerprint density at radius 2 is 0.663 bits per heavy atom. The van der Waals surface area contributed by atoms with Crippen LogP contribution in [0.4, 0.5) is 0 Å². The van der Waals surface area contributed by atoms with Gasteiger partial charge in [0.1, 0.15) is 73.2 Å². The molecule has 0 aromatic rings. The minimum Gasteiger partial charge on any atom is -0.394 e. The molecule has 3 heterocycles. The highest BCUT2D eigenvalue weighted by atomic mass is 16.8. The Balaban J connectivity index is 1.40. The summed E-state index contributed by atoms with van der Waals surface area (Å²) in [5.41, 5.74) is 0. The lowest BCUT2D eigenvalue weighted by molar-refractivity contribution is -0.379. The Kier molecular flexibility index (Phi) is 46.3. The van der Waals surface area contributed by atoms with Crippen molar-refractivity contribution in [3.63, 3.8) is 0 Å². The third-order valence-electron chi connectivity index (χ3n) is 18.2. The van der Waals surface area contributed by atoms with Crippen LogP contribution in [0.5, 0.6) is 0 Å². The summed E-state index contributed by atoms with van der Waals surface area (Å²) in [7, 11) is 0. The highest BCUT2D eigenvalue weighted by Gasteiger charge is 2.53. The molecule has 0 radical (unpaired) electrons. The first-order valence-electron chi connectivity index (χ1n) is 35.3. The predicted molar refractivity (Wildman–Crippen MR) is 333 cm³/mol. The van der Waals surface area contributed by atoms with Gasteiger partial charge in [-0.3, -0.25) is 4.79 Å². The molecule has 3 aliphatic heterocycles. The van der Waals surface area contributed by atoms with Crippen molar-refractivity contribution in [3.05, 3.63) is 0 Å². The Hall–Kier alpha value is -1.21. The number of carbonyl (C=O) groups is 1. The fourth-order valence-corrected chi connectivity index (χ4v) is 12.4. The van der Waals surface area contributed by atoms with Gasteiger partial charge in [0.05, 0.1) is 38.6 Å². The van der Waals surface area contributed by atoms with Crippen molar-refractivity contribution in [3.8, 4) is 0 Å². The molecule has 0 aromatic heterocycles. The van der Waals surface area contributed by atoms with Gasteiger partial charge in [-0.15, -0.1) is 0 Å². The number of carbonyl (C=O) groups excluding carboxylic acids is 1. The van der Waals surface area contributed by atoms with Gasteiger partial charge < -0.3 is 89.9 Å². The van der Waals surface area contributed by atoms with E-state index in [4.69, 9.17) is 28.4 Å². The van der Waals surface area contributed by atoms with Crippen LogP contribution in [0, 0.1) is 0 Å². The molecule has 3 rings (SSSR count). The molecule has 17 unspecified atom stereocenters. The second kappa shape index (κ2) is 50.4. The lowest BCUT2D eigenvalue weighted by Crippen LogP contribution is -2.66. The molecule has 86 heavy (non-hydrogen) atoms. The first-order valence-corrected chi connectivity index (χ1v) is 35.3. The van der Waals surface area contributed by atoms with Crippen molar-refractivity contribution < 1.29 is 89.4 Å². The van der Waals surface area contributed by atoms with E-state index in [0.29, 0.717) is 12.8 Å². The van der Waals surface area contributed by atoms with Gasteiger partial charge in [-0.2, -0.15) is 0 Å². The largest absolute Gasteiger partial charge is 0.394 e. The van der Waals surface area contributed by atoms with E-state index in [1.807, 2.05) is 0 Å². The minimum atomic E-state index is -1.97. The van der Waals surface area contributed by atoms with Gasteiger partial charge in [0.2, 0.25) is 5.91 Å². The van der Waals surface area contributed by atoms with Crippen LogP contribution in [0.15, 0.2) is 0 Å². The van der Waals surface area contributed by atoms with Gasteiger partial charge in [-0.05, 0) is 12.8 Å². The zero-order chi connectivity index (χ0) is 62.6. The molecule has 3 fully saturated rings. The molecule has 12 N–H and O–H groups in total. The first kappa shape index (κ1) is 79.0. The van der Waals surface area contributed by atoms with Crippen molar-refractivity contribution in [1.82, 2.24) is 5.32 Å². The van der Waals surface area contributed by atoms with Crippen LogP contribution in [0.3, 0.4) is 0 Å². The Morgan fingerprint density at radius 1 is 0.372 bits per heavy atom. The fraction of sp³-hybridized carbons (Fsp3) is 0.985. The molecule has 0 spiro atoms. The quantitative estimate of drug-likeness (QED) is 0.0253. The number of hydrogen-bond acceptors (Lipinski definition) is 18. The summed E-state index contributed by atoms with van der Waals surface area (Å²) in [6.07, 6.45) is 26.2. The molecule has 3 aliphatic rings. The van der Waals surface area contributed by atoms with E-state index in [2.05, 4.69) is 19.2 Å². The highest BCUT2D eigenvalue weighted by Crippen LogP contribution is 2.33. The molecule has 0 bridgehead atoms. The van der Waals surface area contributed by atoms with Crippen LogP contribution in [0.2, 0.25) is 0 Å². The maximum absolute atomic E-state index is 13.4.